The van der Waals surface area contributed by atoms with E-state index in [1.807, 2.05) is 0 Å². The third-order valence-electron chi connectivity index (χ3n) is 2.86. The largest absolute Gasteiger partial charge is 0.357 e. The molecule has 0 saturated heterocycles. The third kappa shape index (κ3) is 6.80. The zero-order chi connectivity index (χ0) is 13.4. The van der Waals surface area contributed by atoms with Crippen LogP contribution in [0.15, 0.2) is 29.3 Å². The van der Waals surface area contributed by atoms with Crippen molar-refractivity contribution in [3.63, 3.8) is 0 Å². The topological polar surface area (TPSA) is 36.4 Å². The van der Waals surface area contributed by atoms with Crippen LogP contribution in [-0.2, 0) is 0 Å². The first-order valence-corrected chi connectivity index (χ1v) is 6.76. The fraction of sp³-hybridized carbons (Fsp3) is 0.533. The van der Waals surface area contributed by atoms with Crippen molar-refractivity contribution in [3.05, 3.63) is 35.4 Å². The van der Waals surface area contributed by atoms with Gasteiger partial charge in [0.15, 0.2) is 5.96 Å². The first-order valence-electron chi connectivity index (χ1n) is 6.76. The lowest BCUT2D eigenvalue weighted by Gasteiger charge is -2.13. The van der Waals surface area contributed by atoms with Crippen molar-refractivity contribution in [2.75, 3.05) is 19.6 Å². The smallest absolute Gasteiger partial charge is 0.191 e. The molecule has 2 N–H and O–H groups in total. The number of guanidine groups is 1. The first kappa shape index (κ1) is 18.2. The summed E-state index contributed by atoms with van der Waals surface area (Å²) in [6.07, 6.45) is 0. The standard InChI is InChI=1S/C15H25N3.HI/c1-5-16-15(17-6-2)18-11-13(4)14-9-7-12(3)8-10-14;/h7-10,13H,5-6,11H2,1-4H3,(H2,16,17,18);1H. The lowest BCUT2D eigenvalue weighted by Crippen LogP contribution is -2.37. The lowest BCUT2D eigenvalue weighted by atomic mass is 10.0. The van der Waals surface area contributed by atoms with E-state index >= 15 is 0 Å². The highest BCUT2D eigenvalue weighted by Crippen LogP contribution is 2.15. The molecular formula is C15H26IN3. The maximum Gasteiger partial charge on any atom is 0.191 e. The van der Waals surface area contributed by atoms with Gasteiger partial charge in [-0.05, 0) is 26.3 Å². The van der Waals surface area contributed by atoms with Gasteiger partial charge in [-0.2, -0.15) is 0 Å². The van der Waals surface area contributed by atoms with Crippen molar-refractivity contribution in [2.24, 2.45) is 4.99 Å². The molecule has 1 unspecified atom stereocenters. The van der Waals surface area contributed by atoms with Crippen LogP contribution in [0.1, 0.15) is 37.8 Å². The molecule has 1 aromatic carbocycles. The average Bonchev–Trinajstić information content (AvgIpc) is 2.37. The minimum atomic E-state index is 0. The molecule has 0 aliphatic carbocycles. The van der Waals surface area contributed by atoms with Crippen LogP contribution in [0.25, 0.3) is 0 Å². The van der Waals surface area contributed by atoms with E-state index in [0.29, 0.717) is 5.92 Å². The molecular weight excluding hydrogens is 349 g/mol. The van der Waals surface area contributed by atoms with Crippen LogP contribution in [0.2, 0.25) is 0 Å². The average molecular weight is 375 g/mol. The molecule has 0 heterocycles. The van der Waals surface area contributed by atoms with Crippen molar-refractivity contribution >= 4 is 29.9 Å². The summed E-state index contributed by atoms with van der Waals surface area (Å²) in [7, 11) is 0. The molecule has 19 heavy (non-hydrogen) atoms. The van der Waals surface area contributed by atoms with Crippen LogP contribution in [-0.4, -0.2) is 25.6 Å². The van der Waals surface area contributed by atoms with E-state index in [2.05, 4.69) is 67.6 Å². The monoisotopic (exact) mass is 375 g/mol. The van der Waals surface area contributed by atoms with Crippen molar-refractivity contribution in [3.8, 4) is 0 Å². The number of rotatable bonds is 5. The van der Waals surface area contributed by atoms with Crippen LogP contribution in [0.3, 0.4) is 0 Å². The first-order chi connectivity index (χ1) is 8.67. The summed E-state index contributed by atoms with van der Waals surface area (Å²) in [6.45, 7) is 11.1. The predicted molar refractivity (Wildman–Crippen MR) is 94.7 cm³/mol. The molecule has 1 aromatic rings. The molecule has 4 heteroatoms. The fourth-order valence-corrected chi connectivity index (χ4v) is 1.74. The second kappa shape index (κ2) is 10.1. The molecule has 108 valence electrons. The Morgan fingerprint density at radius 3 is 2.11 bits per heavy atom. The van der Waals surface area contributed by atoms with Gasteiger partial charge in [0.25, 0.3) is 0 Å². The number of hydrogen-bond donors (Lipinski definition) is 2. The molecule has 0 spiro atoms. The van der Waals surface area contributed by atoms with E-state index in [9.17, 15) is 0 Å². The van der Waals surface area contributed by atoms with Crippen LogP contribution in [0, 0.1) is 6.92 Å². The van der Waals surface area contributed by atoms with Gasteiger partial charge in [0, 0.05) is 25.6 Å². The van der Waals surface area contributed by atoms with Crippen LogP contribution >= 0.6 is 24.0 Å². The quantitative estimate of drug-likeness (QED) is 0.471. The van der Waals surface area contributed by atoms with Gasteiger partial charge in [0.05, 0.1) is 0 Å². The van der Waals surface area contributed by atoms with Crippen molar-refractivity contribution < 1.29 is 0 Å². The molecule has 0 aliphatic heterocycles. The van der Waals surface area contributed by atoms with E-state index in [0.717, 1.165) is 25.6 Å². The lowest BCUT2D eigenvalue weighted by molar-refractivity contribution is 0.753. The van der Waals surface area contributed by atoms with Crippen LogP contribution in [0.4, 0.5) is 0 Å². The van der Waals surface area contributed by atoms with Gasteiger partial charge in [-0.15, -0.1) is 24.0 Å². The van der Waals surface area contributed by atoms with Crippen molar-refractivity contribution in [2.45, 2.75) is 33.6 Å². The Bertz CT molecular complexity index is 365. The van der Waals surface area contributed by atoms with E-state index < -0.39 is 0 Å². The minimum Gasteiger partial charge on any atom is -0.357 e. The van der Waals surface area contributed by atoms with Gasteiger partial charge >= 0.3 is 0 Å². The zero-order valence-corrected chi connectivity index (χ0v) is 14.7. The number of halogens is 1. The van der Waals surface area contributed by atoms with Gasteiger partial charge in [-0.25, -0.2) is 0 Å². The molecule has 1 atom stereocenters. The Morgan fingerprint density at radius 2 is 1.63 bits per heavy atom. The highest BCUT2D eigenvalue weighted by Gasteiger charge is 2.04. The molecule has 0 aliphatic rings. The summed E-state index contributed by atoms with van der Waals surface area (Å²) in [6, 6.07) is 8.70. The van der Waals surface area contributed by atoms with Crippen LogP contribution in [0.5, 0.6) is 0 Å². The Hall–Kier alpha value is -0.780. The summed E-state index contributed by atoms with van der Waals surface area (Å²) in [5, 5.41) is 6.48. The molecule has 1 rings (SSSR count). The Labute approximate surface area is 134 Å². The van der Waals surface area contributed by atoms with Crippen molar-refractivity contribution in [1.29, 1.82) is 0 Å². The van der Waals surface area contributed by atoms with E-state index in [1.54, 1.807) is 0 Å². The molecule has 0 amide bonds. The normalized spacial score (nSPS) is 11.2. The van der Waals surface area contributed by atoms with Gasteiger partial charge in [0.2, 0.25) is 0 Å². The summed E-state index contributed by atoms with van der Waals surface area (Å²) in [5.74, 6) is 1.34. The number of aliphatic imine (C=N–C) groups is 1. The number of benzene rings is 1. The number of aryl methyl sites for hydroxylation is 1. The van der Waals surface area contributed by atoms with Gasteiger partial charge in [-0.3, -0.25) is 4.99 Å². The Morgan fingerprint density at radius 1 is 1.11 bits per heavy atom. The molecule has 0 fully saturated rings. The SMILES string of the molecule is CCNC(=NCC(C)c1ccc(C)cc1)NCC.I. The second-order valence-electron chi connectivity index (χ2n) is 4.56. The predicted octanol–water partition coefficient (Wildman–Crippen LogP) is 3.29. The third-order valence-corrected chi connectivity index (χ3v) is 2.86. The fourth-order valence-electron chi connectivity index (χ4n) is 1.74. The number of nitrogens with zero attached hydrogens (tertiary/aromatic N) is 1. The van der Waals surface area contributed by atoms with Gasteiger partial charge in [-0.1, -0.05) is 36.8 Å². The highest BCUT2D eigenvalue weighted by molar-refractivity contribution is 14.0. The summed E-state index contributed by atoms with van der Waals surface area (Å²) < 4.78 is 0. The molecule has 0 aromatic heterocycles. The Balaban J connectivity index is 0.00000324. The Kier molecular flexibility index (Phi) is 9.65. The maximum absolute atomic E-state index is 4.60. The maximum atomic E-state index is 4.60. The van der Waals surface area contributed by atoms with E-state index in [4.69, 9.17) is 0 Å². The number of nitrogens with one attached hydrogen (secondary N) is 2. The summed E-state index contributed by atoms with van der Waals surface area (Å²) >= 11 is 0. The molecule has 0 bridgehead atoms. The van der Waals surface area contributed by atoms with Crippen molar-refractivity contribution in [1.82, 2.24) is 10.6 Å². The summed E-state index contributed by atoms with van der Waals surface area (Å²) in [5.41, 5.74) is 2.65. The second-order valence-corrected chi connectivity index (χ2v) is 4.56. The molecule has 0 saturated carbocycles. The summed E-state index contributed by atoms with van der Waals surface area (Å²) in [4.78, 5) is 4.60. The molecule has 0 radical (unpaired) electrons. The van der Waals surface area contributed by atoms with Gasteiger partial charge < -0.3 is 10.6 Å². The highest BCUT2D eigenvalue weighted by atomic mass is 127. The van der Waals surface area contributed by atoms with E-state index in [1.165, 1.54) is 11.1 Å². The van der Waals surface area contributed by atoms with E-state index in [-0.39, 0.29) is 24.0 Å². The zero-order valence-electron chi connectivity index (χ0n) is 12.4. The minimum absolute atomic E-state index is 0. The molecule has 3 nitrogen and oxygen atoms in total. The van der Waals surface area contributed by atoms with Crippen LogP contribution < -0.4 is 10.6 Å². The number of hydrogen-bond acceptors (Lipinski definition) is 1. The van der Waals surface area contributed by atoms with Gasteiger partial charge in [0.1, 0.15) is 0 Å².